The lowest BCUT2D eigenvalue weighted by molar-refractivity contribution is -0.136. The van der Waals surface area contributed by atoms with Crippen LogP contribution >= 0.6 is 0 Å². The highest BCUT2D eigenvalue weighted by Gasteiger charge is 2.73. The Morgan fingerprint density at radius 2 is 0.761 bits per heavy atom. The van der Waals surface area contributed by atoms with Gasteiger partial charge in [0.2, 0.25) is 11.8 Å². The quantitative estimate of drug-likeness (QED) is 0.299. The molecule has 8 rings (SSSR count). The molecule has 46 heavy (non-hydrogen) atoms. The molecule has 4 amide bonds. The van der Waals surface area contributed by atoms with Crippen LogP contribution in [0.1, 0.15) is 34.3 Å². The first-order valence-corrected chi connectivity index (χ1v) is 15.1. The van der Waals surface area contributed by atoms with Crippen LogP contribution in [0.3, 0.4) is 0 Å². The summed E-state index contributed by atoms with van der Waals surface area (Å²) in [6.45, 7) is 3.88. The Bertz CT molecular complexity index is 1770. The molecule has 230 valence electrons. The molecule has 0 spiro atoms. The van der Waals surface area contributed by atoms with E-state index in [9.17, 15) is 28.0 Å². The van der Waals surface area contributed by atoms with E-state index < -0.39 is 71.3 Å². The summed E-state index contributed by atoms with van der Waals surface area (Å²) in [5, 5.41) is 3.58. The third kappa shape index (κ3) is 3.96. The van der Waals surface area contributed by atoms with Crippen LogP contribution in [0.4, 0.5) is 20.2 Å². The van der Waals surface area contributed by atoms with Gasteiger partial charge >= 0.3 is 0 Å². The summed E-state index contributed by atoms with van der Waals surface area (Å²) in [6.07, 6.45) is 0. The van der Waals surface area contributed by atoms with Crippen molar-refractivity contribution in [1.82, 2.24) is 10.0 Å². The predicted molar refractivity (Wildman–Crippen MR) is 164 cm³/mol. The van der Waals surface area contributed by atoms with E-state index in [2.05, 4.69) is 0 Å². The molecule has 4 aliphatic rings. The fourth-order valence-corrected chi connectivity index (χ4v) is 7.71. The molecule has 4 saturated heterocycles. The highest BCUT2D eigenvalue weighted by Crippen LogP contribution is 2.59. The first-order chi connectivity index (χ1) is 22.2. The topological polar surface area (TPSA) is 81.2 Å². The van der Waals surface area contributed by atoms with Gasteiger partial charge in [-0.05, 0) is 73.5 Å². The molecule has 4 aromatic carbocycles. The van der Waals surface area contributed by atoms with Gasteiger partial charge in [-0.15, -0.1) is 0 Å². The number of benzene rings is 4. The average molecular weight is 619 g/mol. The van der Waals surface area contributed by atoms with Crippen molar-refractivity contribution >= 4 is 35.0 Å². The lowest BCUT2D eigenvalue weighted by Gasteiger charge is -2.35. The van der Waals surface area contributed by atoms with Crippen LogP contribution in [0.5, 0.6) is 0 Å². The Hall–Kier alpha value is -5.06. The Morgan fingerprint density at radius 3 is 1.09 bits per heavy atom. The number of carbonyl (C=O) groups is 4. The van der Waals surface area contributed by atoms with Gasteiger partial charge in [0, 0.05) is 0 Å². The van der Waals surface area contributed by atoms with Gasteiger partial charge in [-0.3, -0.25) is 19.2 Å². The first kappa shape index (κ1) is 28.4. The van der Waals surface area contributed by atoms with E-state index in [1.807, 2.05) is 62.4 Å². The maximum absolute atomic E-state index is 14.4. The van der Waals surface area contributed by atoms with Crippen molar-refractivity contribution in [1.29, 1.82) is 0 Å². The monoisotopic (exact) mass is 618 g/mol. The summed E-state index contributed by atoms with van der Waals surface area (Å²) in [7, 11) is 0. The number of aryl methyl sites for hydroxylation is 2. The fraction of sp³-hybridized carbons (Fsp3) is 0.222. The second kappa shape index (κ2) is 10.2. The molecule has 10 heteroatoms. The van der Waals surface area contributed by atoms with E-state index in [1.54, 1.807) is 10.0 Å². The SMILES string of the molecule is Cc1ccc([C@@H]2[C@@H]3C(=O)N(c4ccc(F)cc4)C(=O)[C@H]3N3[C@@H](c4ccc(C)cc4)[C@H]4C(=O)N(c5ccc(F)cc5)C(=O)[C@@H]4N23)cc1. The van der Waals surface area contributed by atoms with Gasteiger partial charge in [0.1, 0.15) is 23.7 Å². The Balaban J connectivity index is 1.32. The predicted octanol–water partition coefficient (Wildman–Crippen LogP) is 5.03. The van der Waals surface area contributed by atoms with Gasteiger partial charge in [0.25, 0.3) is 11.8 Å². The minimum atomic E-state index is -1.03. The lowest BCUT2D eigenvalue weighted by atomic mass is 9.84. The smallest absolute Gasteiger partial charge is 0.253 e. The van der Waals surface area contributed by atoms with Crippen LogP contribution < -0.4 is 9.80 Å². The van der Waals surface area contributed by atoms with Gasteiger partial charge < -0.3 is 0 Å². The molecule has 0 unspecified atom stereocenters. The normalized spacial score (nSPS) is 27.5. The van der Waals surface area contributed by atoms with Gasteiger partial charge in [0.05, 0.1) is 35.3 Å². The van der Waals surface area contributed by atoms with Gasteiger partial charge in [0.15, 0.2) is 0 Å². The van der Waals surface area contributed by atoms with Crippen molar-refractivity contribution in [2.24, 2.45) is 11.8 Å². The Kier molecular flexibility index (Phi) is 6.32. The molecule has 0 aliphatic carbocycles. The van der Waals surface area contributed by atoms with E-state index in [-0.39, 0.29) is 11.4 Å². The number of amides is 4. The Labute approximate surface area is 263 Å². The van der Waals surface area contributed by atoms with Crippen molar-refractivity contribution < 1.29 is 28.0 Å². The maximum atomic E-state index is 14.4. The minimum Gasteiger partial charge on any atom is -0.274 e. The lowest BCUT2D eigenvalue weighted by Crippen LogP contribution is -2.50. The number of hydrogen-bond acceptors (Lipinski definition) is 6. The number of hydrogen-bond donors (Lipinski definition) is 0. The Morgan fingerprint density at radius 1 is 0.435 bits per heavy atom. The van der Waals surface area contributed by atoms with Crippen LogP contribution in [0.25, 0.3) is 0 Å². The van der Waals surface area contributed by atoms with Gasteiger partial charge in [-0.25, -0.2) is 28.6 Å². The molecule has 0 N–H and O–H groups in total. The van der Waals surface area contributed by atoms with E-state index in [0.29, 0.717) is 11.1 Å². The van der Waals surface area contributed by atoms with Crippen molar-refractivity contribution in [3.05, 3.63) is 131 Å². The van der Waals surface area contributed by atoms with Crippen molar-refractivity contribution in [3.8, 4) is 0 Å². The molecular formula is C36H28F2N4O4. The number of hydrazine groups is 1. The molecule has 4 aliphatic heterocycles. The summed E-state index contributed by atoms with van der Waals surface area (Å²) in [5.74, 6) is -4.78. The molecule has 0 saturated carbocycles. The third-order valence-corrected chi connectivity index (χ3v) is 9.73. The third-order valence-electron chi connectivity index (χ3n) is 9.73. The fourth-order valence-electron chi connectivity index (χ4n) is 7.71. The van der Waals surface area contributed by atoms with Gasteiger partial charge in [-0.2, -0.15) is 0 Å². The molecule has 0 aromatic heterocycles. The summed E-state index contributed by atoms with van der Waals surface area (Å²) >= 11 is 0. The molecule has 4 heterocycles. The standard InChI is InChI=1S/C36H28F2N4O4/c1-19-3-7-21(8-4-19)29-27-31(35(45)39(33(27)43)25-15-11-23(37)12-16-25)42-30(22-9-5-20(2)6-10-22)28-32(41(29)42)36(46)40(34(28)44)26-17-13-24(38)14-18-26/h3-18,27-32H,1-2H3/t27-,28+,29+,30-,31-,32+. The van der Waals surface area contributed by atoms with E-state index in [1.165, 1.54) is 48.5 Å². The van der Waals surface area contributed by atoms with Crippen molar-refractivity contribution in [2.75, 3.05) is 9.80 Å². The van der Waals surface area contributed by atoms with E-state index >= 15 is 0 Å². The second-order valence-electron chi connectivity index (χ2n) is 12.4. The first-order valence-electron chi connectivity index (χ1n) is 15.1. The average Bonchev–Trinajstić information content (AvgIpc) is 3.71. The number of anilines is 2. The van der Waals surface area contributed by atoms with Crippen LogP contribution in [0, 0.1) is 37.3 Å². The van der Waals surface area contributed by atoms with Crippen molar-refractivity contribution in [3.63, 3.8) is 0 Å². The van der Waals surface area contributed by atoms with Crippen LogP contribution in [-0.4, -0.2) is 45.7 Å². The molecule has 4 fully saturated rings. The second-order valence-corrected chi connectivity index (χ2v) is 12.4. The van der Waals surface area contributed by atoms with E-state index in [0.717, 1.165) is 20.9 Å². The molecule has 4 aromatic rings. The number of carbonyl (C=O) groups excluding carboxylic acids is 4. The van der Waals surface area contributed by atoms with E-state index in [4.69, 9.17) is 0 Å². The maximum Gasteiger partial charge on any atom is 0.253 e. The summed E-state index contributed by atoms with van der Waals surface area (Å²) < 4.78 is 27.7. The molecule has 0 radical (unpaired) electrons. The van der Waals surface area contributed by atoms with Crippen LogP contribution in [0.15, 0.2) is 97.1 Å². The number of nitrogens with zero attached hydrogens (tertiary/aromatic N) is 4. The number of halogens is 2. The number of fused-ring (bicyclic) bond motifs is 5. The van der Waals surface area contributed by atoms with Gasteiger partial charge in [-0.1, -0.05) is 59.7 Å². The molecule has 0 bridgehead atoms. The van der Waals surface area contributed by atoms with Crippen LogP contribution in [-0.2, 0) is 19.2 Å². The largest absolute Gasteiger partial charge is 0.274 e. The summed E-state index contributed by atoms with van der Waals surface area (Å²) in [6, 6.07) is 22.0. The minimum absolute atomic E-state index is 0.251. The zero-order valence-corrected chi connectivity index (χ0v) is 24.9. The highest BCUT2D eigenvalue weighted by atomic mass is 19.1. The van der Waals surface area contributed by atoms with Crippen molar-refractivity contribution in [2.45, 2.75) is 38.0 Å². The summed E-state index contributed by atoms with van der Waals surface area (Å²) in [4.78, 5) is 59.8. The molecule has 8 nitrogen and oxygen atoms in total. The summed E-state index contributed by atoms with van der Waals surface area (Å²) in [5.41, 5.74) is 3.91. The number of imide groups is 2. The van der Waals surface area contributed by atoms with Crippen LogP contribution in [0.2, 0.25) is 0 Å². The zero-order chi connectivity index (χ0) is 32.0. The zero-order valence-electron chi connectivity index (χ0n) is 24.9. The molecular weight excluding hydrogens is 590 g/mol. The molecule has 6 atom stereocenters. The highest BCUT2D eigenvalue weighted by molar-refractivity contribution is 6.26. The number of rotatable bonds is 4.